The van der Waals surface area contributed by atoms with Crippen molar-refractivity contribution in [2.24, 2.45) is 5.92 Å². The molecular formula is C9H17NO2. The predicted octanol–water partition coefficient (Wildman–Crippen LogP) is 0.326. The molecule has 1 rings (SSSR count). The molecule has 0 amide bonds. The van der Waals surface area contributed by atoms with Crippen molar-refractivity contribution < 1.29 is 9.90 Å². The highest BCUT2D eigenvalue weighted by Gasteiger charge is 2.27. The van der Waals surface area contributed by atoms with Crippen LogP contribution in [-0.2, 0) is 4.79 Å². The molecule has 1 fully saturated rings. The van der Waals surface area contributed by atoms with E-state index in [1.807, 2.05) is 0 Å². The number of piperidine rings is 1. The Bertz CT molecular complexity index is 172. The molecular weight excluding hydrogens is 154 g/mol. The summed E-state index contributed by atoms with van der Waals surface area (Å²) >= 11 is 0. The lowest BCUT2D eigenvalue weighted by Crippen LogP contribution is -2.40. The third kappa shape index (κ3) is 2.91. The van der Waals surface area contributed by atoms with Gasteiger partial charge in [0.1, 0.15) is 5.78 Å². The fraction of sp³-hybridized carbons (Fsp3) is 0.889. The zero-order chi connectivity index (χ0) is 9.19. The quantitative estimate of drug-likeness (QED) is 0.629. The molecule has 0 aliphatic carbocycles. The monoisotopic (exact) mass is 171 g/mol. The first-order valence-corrected chi connectivity index (χ1v) is 4.45. The summed E-state index contributed by atoms with van der Waals surface area (Å²) in [6, 6.07) is 0. The Morgan fingerprint density at radius 3 is 2.83 bits per heavy atom. The van der Waals surface area contributed by atoms with Gasteiger partial charge in [-0.3, -0.25) is 4.79 Å². The Labute approximate surface area is 73.2 Å². The van der Waals surface area contributed by atoms with E-state index in [0.717, 1.165) is 13.1 Å². The molecule has 0 aromatic heterocycles. The van der Waals surface area contributed by atoms with Crippen molar-refractivity contribution in [3.63, 3.8) is 0 Å². The number of nitrogens with one attached hydrogen (secondary N) is 1. The normalized spacial score (nSPS) is 25.9. The highest BCUT2D eigenvalue weighted by Crippen LogP contribution is 2.19. The molecule has 3 nitrogen and oxygen atoms in total. The van der Waals surface area contributed by atoms with Crippen molar-refractivity contribution in [1.82, 2.24) is 5.32 Å². The fourth-order valence-corrected chi connectivity index (χ4v) is 1.59. The predicted molar refractivity (Wildman–Crippen MR) is 46.9 cm³/mol. The van der Waals surface area contributed by atoms with E-state index in [1.165, 1.54) is 0 Å². The molecule has 12 heavy (non-hydrogen) atoms. The van der Waals surface area contributed by atoms with Crippen molar-refractivity contribution in [1.29, 1.82) is 0 Å². The molecule has 2 N–H and O–H groups in total. The molecule has 0 bridgehead atoms. The number of ketones is 1. The smallest absolute Gasteiger partial charge is 0.138 e. The van der Waals surface area contributed by atoms with E-state index in [4.69, 9.17) is 0 Å². The summed E-state index contributed by atoms with van der Waals surface area (Å²) in [5.41, 5.74) is -0.723. The topological polar surface area (TPSA) is 49.3 Å². The van der Waals surface area contributed by atoms with Crippen LogP contribution in [0.5, 0.6) is 0 Å². The van der Waals surface area contributed by atoms with Gasteiger partial charge in [0.15, 0.2) is 0 Å². The molecule has 1 aliphatic heterocycles. The van der Waals surface area contributed by atoms with Crippen LogP contribution in [0.25, 0.3) is 0 Å². The van der Waals surface area contributed by atoms with Crippen LogP contribution >= 0.6 is 0 Å². The van der Waals surface area contributed by atoms with Crippen LogP contribution in [0.2, 0.25) is 0 Å². The second-order valence-corrected chi connectivity index (χ2v) is 4.13. The van der Waals surface area contributed by atoms with Gasteiger partial charge in [-0.25, -0.2) is 0 Å². The first-order chi connectivity index (χ1) is 5.49. The van der Waals surface area contributed by atoms with Gasteiger partial charge in [0.05, 0.1) is 5.60 Å². The van der Waals surface area contributed by atoms with Crippen LogP contribution in [0.4, 0.5) is 0 Å². The summed E-state index contributed by atoms with van der Waals surface area (Å²) in [7, 11) is 0. The largest absolute Gasteiger partial charge is 0.390 e. The van der Waals surface area contributed by atoms with Crippen LogP contribution < -0.4 is 5.32 Å². The van der Waals surface area contributed by atoms with Gasteiger partial charge < -0.3 is 10.4 Å². The van der Waals surface area contributed by atoms with Gasteiger partial charge in [0, 0.05) is 25.4 Å². The van der Waals surface area contributed by atoms with Crippen LogP contribution in [0.15, 0.2) is 0 Å². The van der Waals surface area contributed by atoms with Gasteiger partial charge in [0.2, 0.25) is 0 Å². The molecule has 0 aromatic rings. The number of aliphatic hydroxyl groups is 1. The molecule has 0 aromatic carbocycles. The number of hydrogen-bond donors (Lipinski definition) is 2. The number of Topliss-reactive ketones (excluding diaryl/α,β-unsaturated/α-hetero) is 1. The third-order valence-electron chi connectivity index (χ3n) is 2.14. The van der Waals surface area contributed by atoms with Gasteiger partial charge in [-0.2, -0.15) is 0 Å². The minimum Gasteiger partial charge on any atom is -0.390 e. The maximum atomic E-state index is 11.3. The Morgan fingerprint density at radius 1 is 1.67 bits per heavy atom. The molecule has 0 spiro atoms. The average molecular weight is 171 g/mol. The number of carbonyl (C=O) groups is 1. The lowest BCUT2D eigenvalue weighted by Gasteiger charge is -2.27. The second kappa shape index (κ2) is 3.54. The highest BCUT2D eigenvalue weighted by molar-refractivity contribution is 5.82. The second-order valence-electron chi connectivity index (χ2n) is 4.13. The highest BCUT2D eigenvalue weighted by atomic mass is 16.3. The minimum absolute atomic E-state index is 0.0127. The van der Waals surface area contributed by atoms with Crippen molar-refractivity contribution >= 4 is 5.78 Å². The van der Waals surface area contributed by atoms with E-state index in [1.54, 1.807) is 13.8 Å². The van der Waals surface area contributed by atoms with E-state index < -0.39 is 5.60 Å². The standard InChI is InChI=1S/C9H17NO2/c1-9(2,12)5-7-6-10-4-3-8(7)11/h7,10,12H,3-6H2,1-2H3. The maximum Gasteiger partial charge on any atom is 0.138 e. The maximum absolute atomic E-state index is 11.3. The van der Waals surface area contributed by atoms with E-state index in [2.05, 4.69) is 5.32 Å². The van der Waals surface area contributed by atoms with Gasteiger partial charge in [0.25, 0.3) is 0 Å². The zero-order valence-corrected chi connectivity index (χ0v) is 7.76. The summed E-state index contributed by atoms with van der Waals surface area (Å²) in [6.45, 7) is 5.01. The Balaban J connectivity index is 2.45. The van der Waals surface area contributed by atoms with Gasteiger partial charge >= 0.3 is 0 Å². The zero-order valence-electron chi connectivity index (χ0n) is 7.76. The van der Waals surface area contributed by atoms with E-state index in [-0.39, 0.29) is 11.7 Å². The van der Waals surface area contributed by atoms with Crippen molar-refractivity contribution in [2.75, 3.05) is 13.1 Å². The molecule has 3 heteroatoms. The Hall–Kier alpha value is -0.410. The summed E-state index contributed by atoms with van der Waals surface area (Å²) in [5, 5.41) is 12.7. The SMILES string of the molecule is CC(C)(O)CC1CNCCC1=O. The third-order valence-corrected chi connectivity index (χ3v) is 2.14. The molecule has 1 atom stereocenters. The van der Waals surface area contributed by atoms with Crippen LogP contribution in [-0.4, -0.2) is 29.6 Å². The van der Waals surface area contributed by atoms with Crippen LogP contribution in [0.3, 0.4) is 0 Å². The summed E-state index contributed by atoms with van der Waals surface area (Å²) < 4.78 is 0. The van der Waals surface area contributed by atoms with E-state index in [0.29, 0.717) is 12.8 Å². The number of rotatable bonds is 2. The molecule has 1 heterocycles. The van der Waals surface area contributed by atoms with Crippen LogP contribution in [0, 0.1) is 5.92 Å². The lowest BCUT2D eigenvalue weighted by atomic mass is 9.87. The molecule has 0 saturated carbocycles. The number of carbonyl (C=O) groups excluding carboxylic acids is 1. The summed E-state index contributed by atoms with van der Waals surface area (Å²) in [5.74, 6) is 0.301. The lowest BCUT2D eigenvalue weighted by molar-refractivity contribution is -0.125. The first kappa shape index (κ1) is 9.68. The van der Waals surface area contributed by atoms with Crippen LogP contribution in [0.1, 0.15) is 26.7 Å². The van der Waals surface area contributed by atoms with Gasteiger partial charge in [-0.15, -0.1) is 0 Å². The summed E-state index contributed by atoms with van der Waals surface area (Å²) in [4.78, 5) is 11.3. The van der Waals surface area contributed by atoms with Crippen molar-refractivity contribution in [3.05, 3.63) is 0 Å². The average Bonchev–Trinajstić information content (AvgIpc) is 1.91. The molecule has 1 unspecified atom stereocenters. The molecule has 70 valence electrons. The molecule has 0 radical (unpaired) electrons. The van der Waals surface area contributed by atoms with Crippen molar-refractivity contribution in [2.45, 2.75) is 32.3 Å². The van der Waals surface area contributed by atoms with Gasteiger partial charge in [-0.1, -0.05) is 0 Å². The minimum atomic E-state index is -0.723. The van der Waals surface area contributed by atoms with E-state index >= 15 is 0 Å². The van der Waals surface area contributed by atoms with E-state index in [9.17, 15) is 9.90 Å². The first-order valence-electron chi connectivity index (χ1n) is 4.45. The van der Waals surface area contributed by atoms with Gasteiger partial charge in [-0.05, 0) is 20.3 Å². The Kier molecular flexibility index (Phi) is 2.85. The summed E-state index contributed by atoms with van der Waals surface area (Å²) in [6.07, 6.45) is 1.18. The van der Waals surface area contributed by atoms with Crippen molar-refractivity contribution in [3.8, 4) is 0 Å². The molecule has 1 saturated heterocycles. The molecule has 1 aliphatic rings. The number of hydrogen-bond acceptors (Lipinski definition) is 3. The Morgan fingerprint density at radius 2 is 2.33 bits per heavy atom. The fourth-order valence-electron chi connectivity index (χ4n) is 1.59.